The van der Waals surface area contributed by atoms with Gasteiger partial charge in [-0.2, -0.15) is 0 Å². The molecule has 2 rings (SSSR count). The number of anilines is 1. The molecule has 0 saturated carbocycles. The summed E-state index contributed by atoms with van der Waals surface area (Å²) >= 11 is 0. The van der Waals surface area contributed by atoms with Crippen molar-refractivity contribution in [1.29, 1.82) is 0 Å². The minimum Gasteiger partial charge on any atom is -0.345 e. The van der Waals surface area contributed by atoms with Crippen molar-refractivity contribution >= 4 is 17.5 Å². The Bertz CT molecular complexity index is 554. The van der Waals surface area contributed by atoms with Crippen molar-refractivity contribution in [3.8, 4) is 0 Å². The van der Waals surface area contributed by atoms with Gasteiger partial charge < -0.3 is 16.0 Å². The highest BCUT2D eigenvalue weighted by atomic mass is 16.2. The summed E-state index contributed by atoms with van der Waals surface area (Å²) in [4.78, 5) is 25.9. The number of hydrogen-bond acceptors (Lipinski definition) is 3. The summed E-state index contributed by atoms with van der Waals surface area (Å²) in [5.74, 6) is 0.247. The monoisotopic (exact) mass is 303 g/mol. The summed E-state index contributed by atoms with van der Waals surface area (Å²) < 4.78 is 0. The first-order chi connectivity index (χ1) is 10.4. The van der Waals surface area contributed by atoms with Crippen molar-refractivity contribution in [2.75, 3.05) is 18.0 Å². The van der Waals surface area contributed by atoms with Crippen LogP contribution < -0.4 is 16.0 Å². The average molecular weight is 303 g/mol. The van der Waals surface area contributed by atoms with Crippen molar-refractivity contribution in [3.63, 3.8) is 0 Å². The van der Waals surface area contributed by atoms with Crippen molar-refractivity contribution in [2.45, 2.75) is 39.2 Å². The minimum absolute atomic E-state index is 0.138. The Hall–Kier alpha value is -1.88. The van der Waals surface area contributed by atoms with Crippen LogP contribution in [0.25, 0.3) is 0 Å². The third-order valence-corrected chi connectivity index (χ3v) is 4.61. The van der Waals surface area contributed by atoms with Crippen LogP contribution in [0.1, 0.15) is 44.0 Å². The lowest BCUT2D eigenvalue weighted by molar-refractivity contribution is -0.117. The van der Waals surface area contributed by atoms with E-state index in [1.807, 2.05) is 32.9 Å². The second kappa shape index (κ2) is 6.48. The molecule has 0 radical (unpaired) electrons. The first-order valence-electron chi connectivity index (χ1n) is 7.80. The normalized spacial score (nSPS) is 17.7. The highest BCUT2D eigenvalue weighted by Gasteiger charge is 2.29. The fourth-order valence-electron chi connectivity index (χ4n) is 2.48. The van der Waals surface area contributed by atoms with E-state index in [0.717, 1.165) is 18.7 Å². The highest BCUT2D eigenvalue weighted by Crippen LogP contribution is 2.22. The zero-order valence-corrected chi connectivity index (χ0v) is 13.6. The molecule has 1 aliphatic rings. The molecule has 1 aromatic carbocycles. The van der Waals surface area contributed by atoms with Gasteiger partial charge in [0.15, 0.2) is 0 Å². The Balaban J connectivity index is 2.10. The van der Waals surface area contributed by atoms with Gasteiger partial charge in [0.05, 0.1) is 5.54 Å². The maximum atomic E-state index is 12.4. The smallest absolute Gasteiger partial charge is 0.251 e. The van der Waals surface area contributed by atoms with Crippen LogP contribution in [0.4, 0.5) is 5.69 Å². The van der Waals surface area contributed by atoms with Gasteiger partial charge in [-0.05, 0) is 43.5 Å². The fraction of sp³-hybridized carbons (Fsp3) is 0.529. The number of nitrogens with zero attached hydrogens (tertiary/aromatic N) is 1. The molecule has 0 bridgehead atoms. The van der Waals surface area contributed by atoms with E-state index in [9.17, 15) is 9.59 Å². The topological polar surface area (TPSA) is 75.4 Å². The zero-order chi connectivity index (χ0) is 16.3. The Morgan fingerprint density at radius 2 is 2.00 bits per heavy atom. The molecule has 5 nitrogen and oxygen atoms in total. The number of nitrogens with two attached hydrogens (primary N) is 1. The largest absolute Gasteiger partial charge is 0.345 e. The maximum absolute atomic E-state index is 12.4. The molecule has 1 saturated heterocycles. The number of rotatable bonds is 5. The van der Waals surface area contributed by atoms with Crippen LogP contribution in [0.3, 0.4) is 0 Å². The van der Waals surface area contributed by atoms with Crippen LogP contribution in [0, 0.1) is 5.92 Å². The SMILES string of the molecule is CC(C)C(C)(CN)NC(=O)c1ccc(N2CCCC2=O)cc1. The predicted molar refractivity (Wildman–Crippen MR) is 87.8 cm³/mol. The van der Waals surface area contributed by atoms with Crippen molar-refractivity contribution in [1.82, 2.24) is 5.32 Å². The van der Waals surface area contributed by atoms with Gasteiger partial charge in [0, 0.05) is 30.8 Å². The number of carbonyl (C=O) groups is 2. The minimum atomic E-state index is -0.430. The van der Waals surface area contributed by atoms with Crippen LogP contribution in [-0.2, 0) is 4.79 Å². The first kappa shape index (κ1) is 16.5. The quantitative estimate of drug-likeness (QED) is 0.872. The van der Waals surface area contributed by atoms with E-state index >= 15 is 0 Å². The van der Waals surface area contributed by atoms with Gasteiger partial charge in [0.25, 0.3) is 5.91 Å². The van der Waals surface area contributed by atoms with E-state index in [1.165, 1.54) is 0 Å². The second-order valence-corrected chi connectivity index (χ2v) is 6.43. The lowest BCUT2D eigenvalue weighted by Crippen LogP contribution is -2.55. The van der Waals surface area contributed by atoms with Crippen LogP contribution in [-0.4, -0.2) is 30.4 Å². The van der Waals surface area contributed by atoms with Crippen LogP contribution in [0.2, 0.25) is 0 Å². The molecule has 1 heterocycles. The molecule has 3 N–H and O–H groups in total. The van der Waals surface area contributed by atoms with E-state index in [-0.39, 0.29) is 17.7 Å². The molecule has 0 aromatic heterocycles. The summed E-state index contributed by atoms with van der Waals surface area (Å²) in [6.07, 6.45) is 1.50. The zero-order valence-electron chi connectivity index (χ0n) is 13.6. The van der Waals surface area contributed by atoms with Gasteiger partial charge in [-0.3, -0.25) is 9.59 Å². The molecular weight excluding hydrogens is 278 g/mol. The highest BCUT2D eigenvalue weighted by molar-refractivity contribution is 5.97. The van der Waals surface area contributed by atoms with E-state index in [0.29, 0.717) is 18.5 Å². The number of amides is 2. The molecule has 1 fully saturated rings. The summed E-state index contributed by atoms with van der Waals surface area (Å²) in [6.45, 7) is 7.16. The molecule has 1 unspecified atom stereocenters. The second-order valence-electron chi connectivity index (χ2n) is 6.43. The molecule has 120 valence electrons. The summed E-state index contributed by atoms with van der Waals surface area (Å²) in [7, 11) is 0. The van der Waals surface area contributed by atoms with Gasteiger partial charge in [0.1, 0.15) is 0 Å². The Kier molecular flexibility index (Phi) is 4.86. The number of hydrogen-bond donors (Lipinski definition) is 2. The van der Waals surface area contributed by atoms with Crippen molar-refractivity contribution in [3.05, 3.63) is 29.8 Å². The van der Waals surface area contributed by atoms with Crippen LogP contribution in [0.5, 0.6) is 0 Å². The van der Waals surface area contributed by atoms with Gasteiger partial charge in [-0.15, -0.1) is 0 Å². The summed E-state index contributed by atoms with van der Waals surface area (Å²) in [5, 5.41) is 3.01. The number of carbonyl (C=O) groups excluding carboxylic acids is 2. The molecule has 5 heteroatoms. The predicted octanol–water partition coefficient (Wildman–Crippen LogP) is 1.92. The van der Waals surface area contributed by atoms with Gasteiger partial charge in [-0.25, -0.2) is 0 Å². The van der Waals surface area contributed by atoms with E-state index in [1.54, 1.807) is 17.0 Å². The molecule has 1 atom stereocenters. The summed E-state index contributed by atoms with van der Waals surface area (Å²) in [6, 6.07) is 7.17. The van der Waals surface area contributed by atoms with Crippen molar-refractivity contribution < 1.29 is 9.59 Å². The number of nitrogens with one attached hydrogen (secondary N) is 1. The maximum Gasteiger partial charge on any atom is 0.251 e. The third kappa shape index (κ3) is 3.30. The summed E-state index contributed by atoms with van der Waals surface area (Å²) in [5.41, 5.74) is 6.80. The Labute approximate surface area is 131 Å². The van der Waals surface area contributed by atoms with Crippen molar-refractivity contribution in [2.24, 2.45) is 11.7 Å². The molecule has 1 aliphatic heterocycles. The molecule has 22 heavy (non-hydrogen) atoms. The van der Waals surface area contributed by atoms with Crippen LogP contribution >= 0.6 is 0 Å². The van der Waals surface area contributed by atoms with E-state index < -0.39 is 5.54 Å². The lowest BCUT2D eigenvalue weighted by Gasteiger charge is -2.33. The molecule has 0 spiro atoms. The molecular formula is C17H25N3O2. The Morgan fingerprint density at radius 3 is 2.45 bits per heavy atom. The molecule has 0 aliphatic carbocycles. The van der Waals surface area contributed by atoms with Crippen LogP contribution in [0.15, 0.2) is 24.3 Å². The van der Waals surface area contributed by atoms with E-state index in [2.05, 4.69) is 5.32 Å². The fourth-order valence-corrected chi connectivity index (χ4v) is 2.48. The number of benzene rings is 1. The molecule has 1 aromatic rings. The van der Waals surface area contributed by atoms with Gasteiger partial charge in [0.2, 0.25) is 5.91 Å². The standard InChI is InChI=1S/C17H25N3O2/c1-12(2)17(3,11-18)19-16(22)13-6-8-14(9-7-13)20-10-4-5-15(20)21/h6-9,12H,4-5,10-11,18H2,1-3H3,(H,19,22). The van der Waals surface area contributed by atoms with Gasteiger partial charge in [-0.1, -0.05) is 13.8 Å². The average Bonchev–Trinajstić information content (AvgIpc) is 2.93. The third-order valence-electron chi connectivity index (χ3n) is 4.61. The lowest BCUT2D eigenvalue weighted by atomic mass is 9.88. The molecule has 2 amide bonds. The van der Waals surface area contributed by atoms with E-state index in [4.69, 9.17) is 5.73 Å². The first-order valence-corrected chi connectivity index (χ1v) is 7.80. The van der Waals surface area contributed by atoms with Gasteiger partial charge >= 0.3 is 0 Å². The Morgan fingerprint density at radius 1 is 1.36 bits per heavy atom.